The van der Waals surface area contributed by atoms with Crippen LogP contribution in [0.3, 0.4) is 0 Å². The van der Waals surface area contributed by atoms with Crippen molar-refractivity contribution in [3.8, 4) is 0 Å². The largest absolute Gasteiger partial charge is 0.240 e. The van der Waals surface area contributed by atoms with E-state index in [-0.39, 0.29) is 0 Å². The van der Waals surface area contributed by atoms with Crippen molar-refractivity contribution in [1.29, 1.82) is 0 Å². The van der Waals surface area contributed by atoms with E-state index in [1.54, 1.807) is 17.4 Å². The van der Waals surface area contributed by atoms with E-state index in [4.69, 9.17) is 23.2 Å². The van der Waals surface area contributed by atoms with E-state index in [0.29, 0.717) is 10.0 Å². The molecule has 1 aromatic carbocycles. The Morgan fingerprint density at radius 2 is 1.86 bits per heavy atom. The molecule has 2 aromatic rings. The quantitative estimate of drug-likeness (QED) is 0.643. The van der Waals surface area contributed by atoms with E-state index in [1.807, 2.05) is 26.8 Å². The predicted molar refractivity (Wildman–Crippen MR) is 65.7 cm³/mol. The Morgan fingerprint density at radius 3 is 2.50 bits per heavy atom. The lowest BCUT2D eigenvalue weighted by Gasteiger charge is -1.93. The molecule has 1 aromatic heterocycles. The van der Waals surface area contributed by atoms with E-state index in [2.05, 4.69) is 4.98 Å². The van der Waals surface area contributed by atoms with Crippen molar-refractivity contribution < 1.29 is 0 Å². The Morgan fingerprint density at radius 1 is 1.21 bits per heavy atom. The van der Waals surface area contributed by atoms with Crippen LogP contribution >= 0.6 is 34.5 Å². The van der Waals surface area contributed by atoms with Crippen LogP contribution in [0.1, 0.15) is 18.9 Å². The highest BCUT2D eigenvalue weighted by Gasteiger charge is 2.07. The number of aryl methyl sites for hydroxylation is 1. The Labute approximate surface area is 97.7 Å². The average molecular weight is 248 g/mol. The van der Waals surface area contributed by atoms with Crippen LogP contribution in [0, 0.1) is 6.92 Å². The third-order valence-corrected chi connectivity index (χ3v) is 3.29. The number of nitrogens with zero attached hydrogens (tertiary/aromatic N) is 1. The van der Waals surface area contributed by atoms with E-state index in [1.165, 1.54) is 0 Å². The van der Waals surface area contributed by atoms with Gasteiger partial charge in [0.15, 0.2) is 0 Å². The van der Waals surface area contributed by atoms with Crippen molar-refractivity contribution in [3.05, 3.63) is 27.2 Å². The molecule has 0 spiro atoms. The lowest BCUT2D eigenvalue weighted by atomic mass is 10.3. The highest BCUT2D eigenvalue weighted by atomic mass is 35.5. The maximum atomic E-state index is 5.95. The fraction of sp³-hybridized carbons (Fsp3) is 0.300. The molecule has 0 aliphatic rings. The Hall–Kier alpha value is -0.310. The van der Waals surface area contributed by atoms with Crippen LogP contribution in [0.15, 0.2) is 12.1 Å². The van der Waals surface area contributed by atoms with Gasteiger partial charge >= 0.3 is 0 Å². The number of aromatic nitrogens is 1. The summed E-state index contributed by atoms with van der Waals surface area (Å²) in [6.45, 7) is 5.95. The zero-order chi connectivity index (χ0) is 10.7. The first-order chi connectivity index (χ1) is 6.68. The summed E-state index contributed by atoms with van der Waals surface area (Å²) in [4.78, 5) is 4.28. The number of thiazole rings is 1. The summed E-state index contributed by atoms with van der Waals surface area (Å²) in [6.07, 6.45) is 0. The molecule has 0 aliphatic heterocycles. The summed E-state index contributed by atoms with van der Waals surface area (Å²) < 4.78 is 1.09. The standard InChI is InChI=1S/C8H5Cl2NS.C2H6/c1-4-11-8-6(12-4)3-2-5(9)7(8)10;1-2/h2-3H,1H3;1-2H3. The maximum absolute atomic E-state index is 5.95. The molecule has 0 N–H and O–H groups in total. The van der Waals surface area contributed by atoms with E-state index in [9.17, 15) is 0 Å². The minimum Gasteiger partial charge on any atom is -0.240 e. The minimum atomic E-state index is 0.554. The van der Waals surface area contributed by atoms with Crippen LogP contribution in [0.25, 0.3) is 10.2 Å². The molecular weight excluding hydrogens is 237 g/mol. The number of hydrogen-bond donors (Lipinski definition) is 0. The smallest absolute Gasteiger partial charge is 0.102 e. The molecule has 2 rings (SSSR count). The van der Waals surface area contributed by atoms with Crippen LogP contribution in [0.5, 0.6) is 0 Å². The molecule has 0 radical (unpaired) electrons. The average Bonchev–Trinajstić information content (AvgIpc) is 2.57. The molecule has 0 fully saturated rings. The summed E-state index contributed by atoms with van der Waals surface area (Å²) in [6, 6.07) is 3.73. The first-order valence-corrected chi connectivity index (χ1v) is 5.97. The van der Waals surface area contributed by atoms with Crippen LogP contribution < -0.4 is 0 Å². The van der Waals surface area contributed by atoms with Crippen molar-refractivity contribution in [3.63, 3.8) is 0 Å². The lowest BCUT2D eigenvalue weighted by Crippen LogP contribution is -1.72. The zero-order valence-electron chi connectivity index (χ0n) is 8.27. The number of rotatable bonds is 0. The second kappa shape index (κ2) is 4.96. The minimum absolute atomic E-state index is 0.554. The maximum Gasteiger partial charge on any atom is 0.102 e. The van der Waals surface area contributed by atoms with Gasteiger partial charge in [-0.05, 0) is 19.1 Å². The Balaban J connectivity index is 0.000000461. The van der Waals surface area contributed by atoms with Gasteiger partial charge in [0, 0.05) is 0 Å². The molecule has 1 nitrogen and oxygen atoms in total. The third kappa shape index (κ3) is 2.19. The Kier molecular flexibility index (Phi) is 4.17. The molecule has 1 heterocycles. The van der Waals surface area contributed by atoms with Gasteiger partial charge in [0.1, 0.15) is 5.52 Å². The number of fused-ring (bicyclic) bond motifs is 1. The van der Waals surface area contributed by atoms with Crippen LogP contribution in [-0.2, 0) is 0 Å². The van der Waals surface area contributed by atoms with E-state index >= 15 is 0 Å². The normalized spacial score (nSPS) is 9.79. The number of halogens is 2. The molecule has 0 saturated heterocycles. The predicted octanol–water partition coefficient (Wildman–Crippen LogP) is 4.94. The lowest BCUT2D eigenvalue weighted by molar-refractivity contribution is 1.35. The SMILES string of the molecule is CC.Cc1nc2c(Cl)c(Cl)ccc2s1. The van der Waals surface area contributed by atoms with E-state index < -0.39 is 0 Å². The summed E-state index contributed by atoms with van der Waals surface area (Å²) >= 11 is 13.4. The summed E-state index contributed by atoms with van der Waals surface area (Å²) in [5, 5.41) is 2.13. The fourth-order valence-electron chi connectivity index (χ4n) is 1.05. The van der Waals surface area contributed by atoms with Gasteiger partial charge in [-0.25, -0.2) is 4.98 Å². The number of benzene rings is 1. The molecule has 0 aliphatic carbocycles. The number of hydrogen-bond acceptors (Lipinski definition) is 2. The summed E-state index contributed by atoms with van der Waals surface area (Å²) in [5.74, 6) is 0. The van der Waals surface area contributed by atoms with Gasteiger partial charge in [0.05, 0.1) is 19.8 Å². The van der Waals surface area contributed by atoms with Gasteiger partial charge < -0.3 is 0 Å². The molecule has 0 bridgehead atoms. The van der Waals surface area contributed by atoms with Gasteiger partial charge in [0.2, 0.25) is 0 Å². The van der Waals surface area contributed by atoms with Gasteiger partial charge in [0.25, 0.3) is 0 Å². The van der Waals surface area contributed by atoms with Crippen LogP contribution in [0.2, 0.25) is 10.0 Å². The molecular formula is C10H11Cl2NS. The topological polar surface area (TPSA) is 12.9 Å². The van der Waals surface area contributed by atoms with Crippen molar-refractivity contribution >= 4 is 44.8 Å². The molecule has 0 unspecified atom stereocenters. The zero-order valence-corrected chi connectivity index (χ0v) is 10.6. The summed E-state index contributed by atoms with van der Waals surface area (Å²) in [7, 11) is 0. The van der Waals surface area contributed by atoms with Crippen molar-refractivity contribution in [2.75, 3.05) is 0 Å². The van der Waals surface area contributed by atoms with Gasteiger partial charge in [-0.15, -0.1) is 11.3 Å². The van der Waals surface area contributed by atoms with Crippen molar-refractivity contribution in [1.82, 2.24) is 4.98 Å². The first kappa shape index (κ1) is 11.8. The molecule has 0 atom stereocenters. The van der Waals surface area contributed by atoms with Crippen LogP contribution in [0.4, 0.5) is 0 Å². The monoisotopic (exact) mass is 247 g/mol. The molecule has 0 saturated carbocycles. The molecule has 14 heavy (non-hydrogen) atoms. The summed E-state index contributed by atoms with van der Waals surface area (Å²) in [5.41, 5.74) is 0.812. The molecule has 4 heteroatoms. The van der Waals surface area contributed by atoms with Gasteiger partial charge in [-0.3, -0.25) is 0 Å². The van der Waals surface area contributed by atoms with Crippen LogP contribution in [-0.4, -0.2) is 4.98 Å². The van der Waals surface area contributed by atoms with E-state index in [0.717, 1.165) is 15.2 Å². The third-order valence-electron chi connectivity index (χ3n) is 1.56. The van der Waals surface area contributed by atoms with Crippen molar-refractivity contribution in [2.45, 2.75) is 20.8 Å². The second-order valence-corrected chi connectivity index (χ2v) is 4.46. The first-order valence-electron chi connectivity index (χ1n) is 4.39. The van der Waals surface area contributed by atoms with Gasteiger partial charge in [-0.1, -0.05) is 37.0 Å². The highest BCUT2D eigenvalue weighted by Crippen LogP contribution is 2.32. The Bertz CT molecular complexity index is 437. The fourth-order valence-corrected chi connectivity index (χ4v) is 2.30. The molecule has 0 amide bonds. The second-order valence-electron chi connectivity index (χ2n) is 2.44. The van der Waals surface area contributed by atoms with Gasteiger partial charge in [-0.2, -0.15) is 0 Å². The molecule has 76 valence electrons. The highest BCUT2D eigenvalue weighted by molar-refractivity contribution is 7.18. The van der Waals surface area contributed by atoms with Crippen molar-refractivity contribution in [2.24, 2.45) is 0 Å².